The van der Waals surface area contributed by atoms with Gasteiger partial charge in [0.2, 0.25) is 10.0 Å². The Labute approximate surface area is 185 Å². The molecule has 166 valence electrons. The number of hydrogen-bond donors (Lipinski definition) is 1. The van der Waals surface area contributed by atoms with Crippen molar-refractivity contribution < 1.29 is 13.2 Å². The summed E-state index contributed by atoms with van der Waals surface area (Å²) in [6.45, 7) is 7.80. The average Bonchev–Trinajstić information content (AvgIpc) is 2.79. The summed E-state index contributed by atoms with van der Waals surface area (Å²) in [5.74, 6) is 0. The zero-order valence-electron chi connectivity index (χ0n) is 17.9. The van der Waals surface area contributed by atoms with Gasteiger partial charge < -0.3 is 10.2 Å². The molecule has 1 aliphatic rings. The Bertz CT molecular complexity index is 970. The Hall–Kier alpha value is -2.68. The zero-order chi connectivity index (χ0) is 22.3. The highest BCUT2D eigenvalue weighted by atomic mass is 32.2. The van der Waals surface area contributed by atoms with Gasteiger partial charge in [-0.1, -0.05) is 36.4 Å². The molecule has 2 aromatic carbocycles. The van der Waals surface area contributed by atoms with Gasteiger partial charge in [0.15, 0.2) is 0 Å². The molecule has 3 rings (SSSR count). The number of benzene rings is 2. The first-order valence-electron chi connectivity index (χ1n) is 10.4. The van der Waals surface area contributed by atoms with E-state index in [9.17, 15) is 13.2 Å². The maximum absolute atomic E-state index is 12.6. The fourth-order valence-electron chi connectivity index (χ4n) is 3.48. The van der Waals surface area contributed by atoms with Crippen molar-refractivity contribution in [1.82, 2.24) is 14.1 Å². The number of amides is 2. The van der Waals surface area contributed by atoms with Gasteiger partial charge in [0, 0.05) is 52.0 Å². The number of likely N-dealkylation sites (N-methyl/N-ethyl adjacent to an activating group) is 1. The lowest BCUT2D eigenvalue weighted by Gasteiger charge is -2.34. The highest BCUT2D eigenvalue weighted by Crippen LogP contribution is 2.18. The van der Waals surface area contributed by atoms with E-state index in [0.717, 1.165) is 26.1 Å². The fourth-order valence-corrected chi connectivity index (χ4v) is 4.62. The molecule has 0 atom stereocenters. The van der Waals surface area contributed by atoms with Crippen molar-refractivity contribution in [2.24, 2.45) is 0 Å². The molecular formula is C23H30N4O3S. The molecule has 1 heterocycles. The van der Waals surface area contributed by atoms with Gasteiger partial charge in [-0.05, 0) is 36.2 Å². The van der Waals surface area contributed by atoms with Crippen molar-refractivity contribution in [3.05, 3.63) is 72.8 Å². The van der Waals surface area contributed by atoms with Crippen LogP contribution in [0.2, 0.25) is 0 Å². The number of hydrogen-bond acceptors (Lipinski definition) is 4. The Morgan fingerprint density at radius 1 is 1.06 bits per heavy atom. The van der Waals surface area contributed by atoms with Crippen LogP contribution in [0.1, 0.15) is 5.56 Å². The predicted molar refractivity (Wildman–Crippen MR) is 124 cm³/mol. The summed E-state index contributed by atoms with van der Waals surface area (Å²) < 4.78 is 26.1. The third kappa shape index (κ3) is 6.16. The van der Waals surface area contributed by atoms with Crippen LogP contribution in [0, 0.1) is 0 Å². The SMILES string of the molecule is C=CCN(C)S(=O)(=O)c1ccc(NC(=O)N2CCN(CCc3ccccc3)CC2)cc1. The molecular weight excluding hydrogens is 412 g/mol. The van der Waals surface area contributed by atoms with E-state index in [1.165, 1.54) is 35.1 Å². The molecule has 7 nitrogen and oxygen atoms in total. The van der Waals surface area contributed by atoms with Crippen molar-refractivity contribution in [2.75, 3.05) is 51.6 Å². The molecule has 0 unspecified atom stereocenters. The summed E-state index contributed by atoms with van der Waals surface area (Å²) in [5, 5.41) is 2.86. The van der Waals surface area contributed by atoms with Crippen LogP contribution in [0.4, 0.5) is 10.5 Å². The normalized spacial score (nSPS) is 15.1. The first-order valence-corrected chi connectivity index (χ1v) is 11.8. The number of nitrogens with zero attached hydrogens (tertiary/aromatic N) is 3. The first kappa shape index (κ1) is 23.0. The van der Waals surface area contributed by atoms with Crippen molar-refractivity contribution >= 4 is 21.7 Å². The lowest BCUT2D eigenvalue weighted by Crippen LogP contribution is -2.50. The number of carbonyl (C=O) groups is 1. The fraction of sp³-hybridized carbons (Fsp3) is 0.348. The van der Waals surface area contributed by atoms with Gasteiger partial charge in [-0.3, -0.25) is 4.90 Å². The molecule has 8 heteroatoms. The van der Waals surface area contributed by atoms with Gasteiger partial charge in [0.05, 0.1) is 4.90 Å². The number of anilines is 1. The highest BCUT2D eigenvalue weighted by Gasteiger charge is 2.22. The number of urea groups is 1. The number of sulfonamides is 1. The number of carbonyl (C=O) groups excluding carboxylic acids is 1. The van der Waals surface area contributed by atoms with Gasteiger partial charge in [-0.15, -0.1) is 6.58 Å². The van der Waals surface area contributed by atoms with Crippen LogP contribution in [0.5, 0.6) is 0 Å². The van der Waals surface area contributed by atoms with Crippen molar-refractivity contribution in [1.29, 1.82) is 0 Å². The van der Waals surface area contributed by atoms with E-state index in [-0.39, 0.29) is 17.5 Å². The largest absolute Gasteiger partial charge is 0.322 e. The molecule has 1 N–H and O–H groups in total. The molecule has 0 aromatic heterocycles. The van der Waals surface area contributed by atoms with Crippen LogP contribution in [0.3, 0.4) is 0 Å². The Kier molecular flexibility index (Phi) is 7.84. The second kappa shape index (κ2) is 10.6. The Morgan fingerprint density at radius 2 is 1.71 bits per heavy atom. The molecule has 2 amide bonds. The van der Waals surface area contributed by atoms with Gasteiger partial charge in [0.25, 0.3) is 0 Å². The lowest BCUT2D eigenvalue weighted by molar-refractivity contribution is 0.148. The van der Waals surface area contributed by atoms with Crippen LogP contribution in [0.15, 0.2) is 72.1 Å². The average molecular weight is 443 g/mol. The van der Waals surface area contributed by atoms with E-state index in [1.807, 2.05) is 6.07 Å². The molecule has 0 bridgehead atoms. The Balaban J connectivity index is 1.48. The maximum Gasteiger partial charge on any atom is 0.321 e. The minimum Gasteiger partial charge on any atom is -0.322 e. The first-order chi connectivity index (χ1) is 14.9. The molecule has 31 heavy (non-hydrogen) atoms. The number of nitrogens with one attached hydrogen (secondary N) is 1. The molecule has 0 saturated carbocycles. The van der Waals surface area contributed by atoms with E-state index in [2.05, 4.69) is 41.1 Å². The van der Waals surface area contributed by atoms with E-state index < -0.39 is 10.0 Å². The predicted octanol–water partition coefficient (Wildman–Crippen LogP) is 2.89. The third-order valence-corrected chi connectivity index (χ3v) is 7.26. The molecule has 0 radical (unpaired) electrons. The third-order valence-electron chi connectivity index (χ3n) is 5.42. The maximum atomic E-state index is 12.6. The standard InChI is InChI=1S/C23H30N4O3S/c1-3-14-25(2)31(29,30)22-11-9-21(10-12-22)24-23(28)27-18-16-26(17-19-27)15-13-20-7-5-4-6-8-20/h3-12H,1,13-19H2,2H3,(H,24,28). The van der Waals surface area contributed by atoms with Crippen LogP contribution in [-0.2, 0) is 16.4 Å². The van der Waals surface area contributed by atoms with Gasteiger partial charge in [-0.2, -0.15) is 4.31 Å². The molecule has 2 aromatic rings. The minimum absolute atomic E-state index is 0.165. The smallest absolute Gasteiger partial charge is 0.321 e. The van der Waals surface area contributed by atoms with Gasteiger partial charge in [-0.25, -0.2) is 13.2 Å². The second-order valence-corrected chi connectivity index (χ2v) is 9.64. The highest BCUT2D eigenvalue weighted by molar-refractivity contribution is 7.89. The van der Waals surface area contributed by atoms with E-state index >= 15 is 0 Å². The summed E-state index contributed by atoms with van der Waals surface area (Å²) in [6.07, 6.45) is 2.54. The number of rotatable bonds is 8. The van der Waals surface area contributed by atoms with Crippen LogP contribution in [-0.4, -0.2) is 74.9 Å². The van der Waals surface area contributed by atoms with Crippen molar-refractivity contribution in [2.45, 2.75) is 11.3 Å². The van der Waals surface area contributed by atoms with E-state index in [0.29, 0.717) is 18.8 Å². The molecule has 0 aliphatic carbocycles. The molecule has 0 spiro atoms. The summed E-state index contributed by atoms with van der Waals surface area (Å²) in [6, 6.07) is 16.5. The van der Waals surface area contributed by atoms with Crippen LogP contribution >= 0.6 is 0 Å². The lowest BCUT2D eigenvalue weighted by atomic mass is 10.1. The summed E-state index contributed by atoms with van der Waals surface area (Å²) in [5.41, 5.74) is 1.89. The van der Waals surface area contributed by atoms with Gasteiger partial charge >= 0.3 is 6.03 Å². The molecule has 1 fully saturated rings. The van der Waals surface area contributed by atoms with E-state index in [1.54, 1.807) is 17.0 Å². The number of piperazine rings is 1. The topological polar surface area (TPSA) is 73.0 Å². The molecule has 1 saturated heterocycles. The van der Waals surface area contributed by atoms with Gasteiger partial charge in [0.1, 0.15) is 0 Å². The quantitative estimate of drug-likeness (QED) is 0.638. The monoisotopic (exact) mass is 442 g/mol. The summed E-state index contributed by atoms with van der Waals surface area (Å²) in [7, 11) is -2.06. The summed E-state index contributed by atoms with van der Waals surface area (Å²) in [4.78, 5) is 16.9. The second-order valence-electron chi connectivity index (χ2n) is 7.59. The molecule has 1 aliphatic heterocycles. The van der Waals surface area contributed by atoms with Crippen LogP contribution < -0.4 is 5.32 Å². The van der Waals surface area contributed by atoms with E-state index in [4.69, 9.17) is 0 Å². The van der Waals surface area contributed by atoms with Crippen LogP contribution in [0.25, 0.3) is 0 Å². The minimum atomic E-state index is -3.57. The van der Waals surface area contributed by atoms with Crippen molar-refractivity contribution in [3.8, 4) is 0 Å². The Morgan fingerprint density at radius 3 is 2.32 bits per heavy atom. The summed E-state index contributed by atoms with van der Waals surface area (Å²) >= 11 is 0. The zero-order valence-corrected chi connectivity index (χ0v) is 18.7. The van der Waals surface area contributed by atoms with Crippen molar-refractivity contribution in [3.63, 3.8) is 0 Å².